The number of nitrogens with zero attached hydrogens (tertiary/aromatic N) is 14. The van der Waals surface area contributed by atoms with Crippen LogP contribution >= 0.6 is 34.8 Å². The lowest BCUT2D eigenvalue weighted by Gasteiger charge is -2.41. The van der Waals surface area contributed by atoms with E-state index in [9.17, 15) is 25.3 Å². The van der Waals surface area contributed by atoms with Crippen LogP contribution in [0.2, 0.25) is 15.1 Å². The largest absolute Gasteiger partial charge is 0.322 e. The Kier molecular flexibility index (Phi) is 25.4. The van der Waals surface area contributed by atoms with Crippen molar-refractivity contribution in [1.29, 1.82) is 0 Å². The maximum absolute atomic E-state index is 15.3. The van der Waals surface area contributed by atoms with E-state index in [4.69, 9.17) is 34.8 Å². The molecule has 6 aromatic heterocycles. The van der Waals surface area contributed by atoms with Crippen molar-refractivity contribution < 1.29 is 38.4 Å². The van der Waals surface area contributed by atoms with E-state index in [-0.39, 0.29) is 89.3 Å². The second-order valence-electron chi connectivity index (χ2n) is 30.6. The third kappa shape index (κ3) is 20.5. The van der Waals surface area contributed by atoms with E-state index < -0.39 is 29.9 Å². The molecule has 0 aliphatic carbocycles. The quantitative estimate of drug-likeness (QED) is 0.0473. The Bertz CT molecular complexity index is 4980. The van der Waals surface area contributed by atoms with E-state index in [0.717, 1.165) is 152 Å². The Morgan fingerprint density at radius 2 is 0.874 bits per heavy atom. The predicted octanol–water partition coefficient (Wildman–Crippen LogP) is 12.1. The molecule has 594 valence electrons. The van der Waals surface area contributed by atoms with Gasteiger partial charge in [0.15, 0.2) is 21.5 Å². The molecule has 0 amide bonds. The highest BCUT2D eigenvalue weighted by atomic mass is 35.5. The molecule has 6 saturated heterocycles. The summed E-state index contributed by atoms with van der Waals surface area (Å²) in [6, 6.07) is 17.0. The van der Waals surface area contributed by atoms with E-state index >= 15 is 13.2 Å². The molecule has 5 N–H and O–H groups in total. The smallest absolute Gasteiger partial charge is 0.229 e. The van der Waals surface area contributed by atoms with Gasteiger partial charge < -0.3 is 10.6 Å². The summed E-state index contributed by atoms with van der Waals surface area (Å²) in [5, 5.41) is 28.5. The molecule has 111 heavy (non-hydrogen) atoms. The third-order valence-electron chi connectivity index (χ3n) is 22.4. The molecular weight excluding hydrogens is 1550 g/mol. The van der Waals surface area contributed by atoms with Crippen LogP contribution in [0.1, 0.15) is 165 Å². The zero-order chi connectivity index (χ0) is 78.8. The first-order valence-electron chi connectivity index (χ1n) is 37.6. The number of H-pyrrole nitrogens is 3. The summed E-state index contributed by atoms with van der Waals surface area (Å²) in [4.78, 5) is 33.5. The summed E-state index contributed by atoms with van der Waals surface area (Å²) in [5.41, 5.74) is 13.5. The molecule has 6 aliphatic rings. The van der Waals surface area contributed by atoms with Crippen LogP contribution in [0.3, 0.4) is 0 Å². The number of nitrogens with one attached hydrogen (secondary N) is 5. The molecule has 0 radical (unpaired) electrons. The van der Waals surface area contributed by atoms with Crippen molar-refractivity contribution in [3.8, 4) is 0 Å². The van der Waals surface area contributed by atoms with E-state index in [1.165, 1.54) is 18.7 Å². The van der Waals surface area contributed by atoms with Crippen molar-refractivity contribution in [2.75, 3.05) is 100 Å². The van der Waals surface area contributed by atoms with Gasteiger partial charge in [-0.3, -0.25) is 30.0 Å². The Balaban J connectivity index is 0.000000146. The van der Waals surface area contributed by atoms with Crippen LogP contribution < -0.4 is 10.6 Å². The van der Waals surface area contributed by atoms with Crippen LogP contribution in [0.15, 0.2) is 73.2 Å². The van der Waals surface area contributed by atoms with Crippen LogP contribution in [0.5, 0.6) is 0 Å². The third-order valence-corrected chi connectivity index (χ3v) is 27.6. The summed E-state index contributed by atoms with van der Waals surface area (Å²) in [6.45, 7) is 19.4. The number of piperidine rings is 3. The van der Waals surface area contributed by atoms with Gasteiger partial charge in [-0.15, -0.1) is 0 Å². The lowest BCUT2D eigenvalue weighted by atomic mass is 9.85. The van der Waals surface area contributed by atoms with Crippen LogP contribution in [0, 0.1) is 59.0 Å². The highest BCUT2D eigenvalue weighted by Crippen LogP contribution is 2.39. The van der Waals surface area contributed by atoms with Gasteiger partial charge in [0.2, 0.25) is 26.0 Å². The molecule has 0 unspecified atom stereocenters. The van der Waals surface area contributed by atoms with Gasteiger partial charge in [-0.05, 0) is 231 Å². The molecule has 6 aliphatic heterocycles. The molecule has 2 atom stereocenters. The number of likely N-dealkylation sites (tertiary alicyclic amines) is 3. The molecule has 0 saturated carbocycles. The number of aryl methyl sites for hydroxylation is 6. The average Bonchev–Trinajstić information content (AvgIpc) is 1.68. The van der Waals surface area contributed by atoms with Gasteiger partial charge in [0.05, 0.1) is 68.7 Å². The van der Waals surface area contributed by atoms with E-state index in [1.807, 2.05) is 71.9 Å². The molecule has 34 heteroatoms. The second kappa shape index (κ2) is 34.6. The van der Waals surface area contributed by atoms with Crippen molar-refractivity contribution in [2.24, 2.45) is 0 Å². The predicted molar refractivity (Wildman–Crippen MR) is 425 cm³/mol. The zero-order valence-corrected chi connectivity index (χ0v) is 68.3. The molecule has 15 rings (SSSR count). The Morgan fingerprint density at radius 1 is 0.468 bits per heavy atom. The number of anilines is 4. The van der Waals surface area contributed by atoms with Gasteiger partial charge in [0.1, 0.15) is 34.1 Å². The topological polar surface area (TPSA) is 306 Å². The second-order valence-corrected chi connectivity index (χ2v) is 37.9. The molecule has 0 bridgehead atoms. The normalized spacial score (nSPS) is 19.5. The van der Waals surface area contributed by atoms with Gasteiger partial charge >= 0.3 is 0 Å². The number of rotatable bonds is 20. The fraction of sp³-hybridized carbons (Fsp3) is 0.494. The summed E-state index contributed by atoms with van der Waals surface area (Å²) < 4.78 is 119. The average molecular weight is 1640 g/mol. The first-order chi connectivity index (χ1) is 52.8. The zero-order valence-electron chi connectivity index (χ0n) is 63.6. The van der Waals surface area contributed by atoms with Crippen LogP contribution in [0.25, 0.3) is 0 Å². The lowest BCUT2D eigenvalue weighted by Crippen LogP contribution is -2.55. The Hall–Kier alpha value is -7.56. The van der Waals surface area contributed by atoms with Crippen molar-refractivity contribution in [1.82, 2.24) is 83.8 Å². The van der Waals surface area contributed by atoms with Crippen molar-refractivity contribution in [3.05, 3.63) is 202 Å². The SMILES string of the molecule is Cc1cc(Cc2nc(Cc3cc(C)c(C4CCN([C@@H]5CCN(S(C)(=O)=O)C5)CC4)cc3F)ncc2Cl)n[nH]1.Cc1cc(Cc2nc(Cc3cc(C)c(C4CCN([C@H]5CCN(S(C)(=O)=O)C5)CC4)cc3F)ncc2Cl)n[nH]1.Cc1cc(Nc2nc(Nc3cc(C)c(C4CCN(C5CS(=O)(=O)C5)CC4)cc3F)ncc2Cl)n[nH]1. The highest BCUT2D eigenvalue weighted by Gasteiger charge is 2.40. The van der Waals surface area contributed by atoms with E-state index in [0.29, 0.717) is 99.9 Å². The number of sulfone groups is 1. The standard InChI is InChI=1S/2C27H34ClFN6O2S.C23H27ClFN7O2S/c2*1-17-10-20(12-27-30-15-24(28)26(31-27)13-21-11-18(2)32-33-21)25(29)14-23(17)19-4-7-34(8-5-19)22-6-9-35(16-22)38(3,36)37;1-13-7-20(27-23-26-10-18(24)22(29-23)28-21-8-14(2)30-31-21)19(25)9-17(13)15-3-5-32(6-4-15)16-11-35(33,34)12-16/h2*10-11,14-15,19,22H,4-9,12-13,16H2,1-3H3,(H,32,33);7-10,15-16H,3-6,11-12H2,1-2H3,(H3,26,27,28,29,30,31)/t2*22-;/m10./s1. The monoisotopic (exact) mass is 1640 g/mol. The Morgan fingerprint density at radius 3 is 1.27 bits per heavy atom. The molecule has 25 nitrogen and oxygen atoms in total. The van der Waals surface area contributed by atoms with E-state index in [2.05, 4.69) is 85.8 Å². The maximum Gasteiger partial charge on any atom is 0.229 e. The molecule has 6 fully saturated rings. The minimum atomic E-state index is -3.14. The molecule has 12 heterocycles. The molecule has 3 aromatic carbocycles. The summed E-state index contributed by atoms with van der Waals surface area (Å²) in [6.07, 6.45) is 15.9. The first kappa shape index (κ1) is 81.5. The fourth-order valence-electron chi connectivity index (χ4n) is 16.3. The number of hydrogen-bond acceptors (Lipinski definition) is 20. The van der Waals surface area contributed by atoms with Crippen molar-refractivity contribution in [2.45, 2.75) is 154 Å². The molecular formula is C77H95Cl3F3N19O6S3. The van der Waals surface area contributed by atoms with E-state index in [1.54, 1.807) is 45.3 Å². The van der Waals surface area contributed by atoms with Gasteiger partial charge in [-0.1, -0.05) is 46.9 Å². The van der Waals surface area contributed by atoms with Crippen molar-refractivity contribution in [3.63, 3.8) is 0 Å². The van der Waals surface area contributed by atoms with Gasteiger partial charge in [-0.2, -0.15) is 20.3 Å². The number of hydrogen-bond donors (Lipinski definition) is 5. The number of aromatic amines is 3. The minimum absolute atomic E-state index is 0.140. The fourth-order valence-corrected chi connectivity index (χ4v) is 20.1. The Labute approximate surface area is 662 Å². The number of halogens is 6. The lowest BCUT2D eigenvalue weighted by molar-refractivity contribution is 0.157. The van der Waals surface area contributed by atoms with Gasteiger partial charge in [0.25, 0.3) is 0 Å². The van der Waals surface area contributed by atoms with Crippen LogP contribution in [-0.4, -0.2) is 217 Å². The maximum atomic E-state index is 15.3. The van der Waals surface area contributed by atoms with Crippen LogP contribution in [0.4, 0.5) is 36.4 Å². The van der Waals surface area contributed by atoms with Gasteiger partial charge in [0, 0.05) is 106 Å². The van der Waals surface area contributed by atoms with Crippen LogP contribution in [-0.2, 0) is 55.6 Å². The molecule has 9 aromatic rings. The summed E-state index contributed by atoms with van der Waals surface area (Å²) in [5.74, 6) is 2.66. The number of sulfonamides is 2. The first-order valence-corrected chi connectivity index (χ1v) is 44.3. The van der Waals surface area contributed by atoms with Crippen molar-refractivity contribution >= 4 is 88.0 Å². The summed E-state index contributed by atoms with van der Waals surface area (Å²) >= 11 is 18.9. The summed E-state index contributed by atoms with van der Waals surface area (Å²) in [7, 11) is -9.11. The highest BCUT2D eigenvalue weighted by molar-refractivity contribution is 7.92. The molecule has 0 spiro atoms. The number of benzene rings is 3. The van der Waals surface area contributed by atoms with Gasteiger partial charge in [-0.25, -0.2) is 72.0 Å². The number of aromatic nitrogens is 12. The minimum Gasteiger partial charge on any atom is -0.322 e.